The van der Waals surface area contributed by atoms with E-state index in [2.05, 4.69) is 4.98 Å². The Kier molecular flexibility index (Phi) is 5.89. The Morgan fingerprint density at radius 2 is 2.12 bits per heavy atom. The van der Waals surface area contributed by atoms with Crippen molar-refractivity contribution in [1.82, 2.24) is 14.5 Å². The molecule has 0 atom stereocenters. The number of aryl methyl sites for hydroxylation is 2. The number of rotatable bonds is 7. The highest BCUT2D eigenvalue weighted by atomic mass is 19.3. The summed E-state index contributed by atoms with van der Waals surface area (Å²) in [6, 6.07) is 5.83. The number of nitrogens with zero attached hydrogens (tertiary/aromatic N) is 3. The smallest absolute Gasteiger partial charge is 0.319 e. The average Bonchev–Trinajstić information content (AvgIpc) is 2.97. The molecule has 0 unspecified atom stereocenters. The van der Waals surface area contributed by atoms with Crippen molar-refractivity contribution in [2.75, 3.05) is 13.7 Å². The normalized spacial score (nSPS) is 10.9. The van der Waals surface area contributed by atoms with Crippen LogP contribution in [-0.2, 0) is 11.3 Å². The molecule has 0 saturated heterocycles. The third-order valence-electron chi connectivity index (χ3n) is 3.67. The zero-order valence-corrected chi connectivity index (χ0v) is 14.0. The minimum Gasteiger partial charge on any atom is -0.493 e. The first-order valence-electron chi connectivity index (χ1n) is 7.62. The van der Waals surface area contributed by atoms with Gasteiger partial charge in [0.1, 0.15) is 11.6 Å². The maximum absolute atomic E-state index is 12.8. The van der Waals surface area contributed by atoms with Crippen molar-refractivity contribution in [2.24, 2.45) is 0 Å². The molecule has 7 heteroatoms. The molecule has 1 heterocycles. The molecule has 0 radical (unpaired) electrons. The summed E-state index contributed by atoms with van der Waals surface area (Å²) in [5, 5.41) is 0. The van der Waals surface area contributed by atoms with Gasteiger partial charge in [0.25, 0.3) is 0 Å². The number of aromatic nitrogens is 2. The lowest BCUT2D eigenvalue weighted by Crippen LogP contribution is -2.29. The van der Waals surface area contributed by atoms with Gasteiger partial charge in [-0.05, 0) is 25.5 Å². The maximum Gasteiger partial charge on any atom is 0.319 e. The van der Waals surface area contributed by atoms with Crippen molar-refractivity contribution >= 4 is 5.91 Å². The number of alkyl halides is 2. The predicted octanol–water partition coefficient (Wildman–Crippen LogP) is 3.32. The molecule has 0 saturated carbocycles. The van der Waals surface area contributed by atoms with E-state index >= 15 is 0 Å². The van der Waals surface area contributed by atoms with Crippen molar-refractivity contribution in [3.05, 3.63) is 47.5 Å². The molecule has 2 rings (SSSR count). The molecule has 0 bridgehead atoms. The minimum absolute atomic E-state index is 0.0275. The SMILES string of the molecule is Cc1ccc(OCCC(=O)N(C)Cc2nccn2C(F)F)c(C)c1. The van der Waals surface area contributed by atoms with E-state index in [0.29, 0.717) is 0 Å². The van der Waals surface area contributed by atoms with Crippen LogP contribution in [0.15, 0.2) is 30.6 Å². The zero-order valence-electron chi connectivity index (χ0n) is 14.0. The second-order valence-corrected chi connectivity index (χ2v) is 5.65. The van der Waals surface area contributed by atoms with E-state index in [1.807, 2.05) is 32.0 Å². The van der Waals surface area contributed by atoms with Gasteiger partial charge in [-0.15, -0.1) is 0 Å². The van der Waals surface area contributed by atoms with Crippen LogP contribution < -0.4 is 4.74 Å². The maximum atomic E-state index is 12.8. The number of halogens is 2. The van der Waals surface area contributed by atoms with Gasteiger partial charge >= 0.3 is 6.55 Å². The molecule has 1 aromatic heterocycles. The second-order valence-electron chi connectivity index (χ2n) is 5.65. The van der Waals surface area contributed by atoms with Crippen LogP contribution in [0.25, 0.3) is 0 Å². The fourth-order valence-electron chi connectivity index (χ4n) is 2.34. The molecule has 1 aromatic carbocycles. The Morgan fingerprint density at radius 3 is 2.79 bits per heavy atom. The summed E-state index contributed by atoms with van der Waals surface area (Å²) in [5.41, 5.74) is 2.15. The highest BCUT2D eigenvalue weighted by Crippen LogP contribution is 2.19. The van der Waals surface area contributed by atoms with Crippen molar-refractivity contribution in [3.63, 3.8) is 0 Å². The topological polar surface area (TPSA) is 47.4 Å². The van der Waals surface area contributed by atoms with E-state index in [1.54, 1.807) is 7.05 Å². The number of ether oxygens (including phenoxy) is 1. The van der Waals surface area contributed by atoms with E-state index in [1.165, 1.54) is 17.3 Å². The highest BCUT2D eigenvalue weighted by molar-refractivity contribution is 5.75. The van der Waals surface area contributed by atoms with E-state index < -0.39 is 6.55 Å². The number of carbonyl (C=O) groups excluding carboxylic acids is 1. The van der Waals surface area contributed by atoms with Gasteiger partial charge < -0.3 is 9.64 Å². The molecule has 0 aliphatic carbocycles. The summed E-state index contributed by atoms with van der Waals surface area (Å²) in [6.45, 7) is 1.54. The summed E-state index contributed by atoms with van der Waals surface area (Å²) in [5.74, 6) is 0.698. The Hall–Kier alpha value is -2.44. The van der Waals surface area contributed by atoms with Gasteiger partial charge in [0.2, 0.25) is 5.91 Å². The van der Waals surface area contributed by atoms with Crippen LogP contribution in [0.1, 0.15) is 29.9 Å². The quantitative estimate of drug-likeness (QED) is 0.779. The van der Waals surface area contributed by atoms with Gasteiger partial charge in [-0.3, -0.25) is 9.36 Å². The van der Waals surface area contributed by atoms with Gasteiger partial charge in [-0.25, -0.2) is 4.98 Å². The molecular weight excluding hydrogens is 316 g/mol. The van der Waals surface area contributed by atoms with Crippen LogP contribution in [0.2, 0.25) is 0 Å². The molecule has 130 valence electrons. The van der Waals surface area contributed by atoms with E-state index in [4.69, 9.17) is 4.74 Å². The summed E-state index contributed by atoms with van der Waals surface area (Å²) in [7, 11) is 1.56. The van der Waals surface area contributed by atoms with Gasteiger partial charge in [0, 0.05) is 19.4 Å². The molecule has 0 aliphatic rings. The number of carbonyl (C=O) groups is 1. The largest absolute Gasteiger partial charge is 0.493 e. The number of hydrogen-bond acceptors (Lipinski definition) is 3. The molecule has 2 aromatic rings. The minimum atomic E-state index is -2.67. The molecule has 0 spiro atoms. The van der Waals surface area contributed by atoms with E-state index in [-0.39, 0.29) is 31.3 Å². The number of benzene rings is 1. The fraction of sp³-hybridized carbons (Fsp3) is 0.412. The van der Waals surface area contributed by atoms with Crippen LogP contribution in [0, 0.1) is 13.8 Å². The molecule has 0 fully saturated rings. The van der Waals surface area contributed by atoms with Crippen molar-refractivity contribution in [2.45, 2.75) is 33.4 Å². The molecule has 0 N–H and O–H groups in total. The summed E-state index contributed by atoms with van der Waals surface area (Å²) in [6.07, 6.45) is 2.66. The van der Waals surface area contributed by atoms with Crippen LogP contribution in [-0.4, -0.2) is 34.0 Å². The number of imidazole rings is 1. The lowest BCUT2D eigenvalue weighted by Gasteiger charge is -2.18. The van der Waals surface area contributed by atoms with Gasteiger partial charge in [-0.2, -0.15) is 8.78 Å². The van der Waals surface area contributed by atoms with Gasteiger partial charge in [0.05, 0.1) is 19.6 Å². The fourth-order valence-corrected chi connectivity index (χ4v) is 2.34. The number of amides is 1. The summed E-state index contributed by atoms with van der Waals surface area (Å²) < 4.78 is 31.9. The highest BCUT2D eigenvalue weighted by Gasteiger charge is 2.16. The number of hydrogen-bond donors (Lipinski definition) is 0. The van der Waals surface area contributed by atoms with Crippen molar-refractivity contribution in [3.8, 4) is 5.75 Å². The van der Waals surface area contributed by atoms with Crippen molar-refractivity contribution < 1.29 is 18.3 Å². The van der Waals surface area contributed by atoms with Gasteiger partial charge in [-0.1, -0.05) is 17.7 Å². The van der Waals surface area contributed by atoms with Crippen LogP contribution in [0.4, 0.5) is 8.78 Å². The van der Waals surface area contributed by atoms with Crippen LogP contribution in [0.5, 0.6) is 5.75 Å². The van der Waals surface area contributed by atoms with Crippen LogP contribution >= 0.6 is 0 Å². The summed E-state index contributed by atoms with van der Waals surface area (Å²) >= 11 is 0. The Bertz CT molecular complexity index is 701. The predicted molar refractivity (Wildman–Crippen MR) is 86.0 cm³/mol. The zero-order chi connectivity index (χ0) is 17.7. The summed E-state index contributed by atoms with van der Waals surface area (Å²) in [4.78, 5) is 17.3. The lowest BCUT2D eigenvalue weighted by molar-refractivity contribution is -0.131. The Morgan fingerprint density at radius 1 is 1.38 bits per heavy atom. The van der Waals surface area contributed by atoms with E-state index in [0.717, 1.165) is 21.4 Å². The molecule has 1 amide bonds. The molecule has 5 nitrogen and oxygen atoms in total. The third-order valence-corrected chi connectivity index (χ3v) is 3.67. The van der Waals surface area contributed by atoms with Crippen molar-refractivity contribution in [1.29, 1.82) is 0 Å². The third kappa shape index (κ3) is 4.53. The molecule has 24 heavy (non-hydrogen) atoms. The monoisotopic (exact) mass is 337 g/mol. The average molecular weight is 337 g/mol. The van der Waals surface area contributed by atoms with E-state index in [9.17, 15) is 13.6 Å². The lowest BCUT2D eigenvalue weighted by atomic mass is 10.1. The van der Waals surface area contributed by atoms with Gasteiger partial charge in [0.15, 0.2) is 0 Å². The first-order chi connectivity index (χ1) is 11.4. The second kappa shape index (κ2) is 7.90. The molecule has 0 aliphatic heterocycles. The standard InChI is InChI=1S/C17H21F2N3O2/c1-12-4-5-14(13(2)10-12)24-9-6-16(23)21(3)11-15-20-7-8-22(15)17(18)19/h4-5,7-8,10,17H,6,9,11H2,1-3H3. The first-order valence-corrected chi connectivity index (χ1v) is 7.62. The Balaban J connectivity index is 1.84. The van der Waals surface area contributed by atoms with Crippen LogP contribution in [0.3, 0.4) is 0 Å². The first kappa shape index (κ1) is 17.9. The molecular formula is C17H21F2N3O2. The Labute approximate surface area is 139 Å².